The lowest BCUT2D eigenvalue weighted by molar-refractivity contribution is 0.768. The van der Waals surface area contributed by atoms with E-state index in [0.717, 1.165) is 17.2 Å². The molecule has 0 radical (unpaired) electrons. The molecule has 0 unspecified atom stereocenters. The summed E-state index contributed by atoms with van der Waals surface area (Å²) in [5.74, 6) is 0.865. The van der Waals surface area contributed by atoms with Crippen molar-refractivity contribution in [2.24, 2.45) is 7.05 Å². The molecule has 3 aromatic rings. The molecule has 17 heavy (non-hydrogen) atoms. The number of aryl methyl sites for hydroxylation is 1. The van der Waals surface area contributed by atoms with Gasteiger partial charge in [0, 0.05) is 31.7 Å². The number of anilines is 1. The number of pyridine rings is 1. The smallest absolute Gasteiger partial charge is 0.148 e. The van der Waals surface area contributed by atoms with Crippen LogP contribution in [-0.2, 0) is 13.6 Å². The zero-order valence-electron chi connectivity index (χ0n) is 9.54. The Labute approximate surface area is 98.7 Å². The van der Waals surface area contributed by atoms with Gasteiger partial charge in [0.15, 0.2) is 0 Å². The third kappa shape index (κ3) is 1.99. The molecule has 0 aliphatic rings. The van der Waals surface area contributed by atoms with Gasteiger partial charge in [-0.1, -0.05) is 6.07 Å². The second-order valence-corrected chi connectivity index (χ2v) is 3.93. The highest BCUT2D eigenvalue weighted by Gasteiger charge is 2.01. The zero-order chi connectivity index (χ0) is 11.7. The molecule has 3 aromatic heterocycles. The standard InChI is InChI=1S/C12H13N5/c1-16-7-5-11(15-16)13-8-10-9-17-6-3-2-4-12(17)14-10/h2-7,9H,8H2,1H3,(H,13,15). The maximum Gasteiger partial charge on any atom is 0.148 e. The number of hydrogen-bond donors (Lipinski definition) is 1. The molecule has 0 atom stereocenters. The van der Waals surface area contributed by atoms with E-state index in [-0.39, 0.29) is 0 Å². The minimum Gasteiger partial charge on any atom is -0.363 e. The average Bonchev–Trinajstić information content (AvgIpc) is 2.91. The largest absolute Gasteiger partial charge is 0.363 e. The van der Waals surface area contributed by atoms with E-state index in [1.807, 2.05) is 54.3 Å². The second kappa shape index (κ2) is 3.93. The van der Waals surface area contributed by atoms with Crippen molar-refractivity contribution in [2.75, 3.05) is 5.32 Å². The van der Waals surface area contributed by atoms with Crippen LogP contribution in [0.25, 0.3) is 5.65 Å². The maximum absolute atomic E-state index is 4.50. The number of rotatable bonds is 3. The molecule has 3 rings (SSSR count). The number of imidazole rings is 1. The Hall–Kier alpha value is -2.30. The molecule has 0 saturated heterocycles. The van der Waals surface area contributed by atoms with Crippen LogP contribution in [0.5, 0.6) is 0 Å². The van der Waals surface area contributed by atoms with Crippen molar-refractivity contribution in [3.05, 3.63) is 48.5 Å². The van der Waals surface area contributed by atoms with Crippen molar-refractivity contribution in [2.45, 2.75) is 6.54 Å². The van der Waals surface area contributed by atoms with E-state index >= 15 is 0 Å². The first-order valence-electron chi connectivity index (χ1n) is 5.47. The van der Waals surface area contributed by atoms with Gasteiger partial charge in [0.2, 0.25) is 0 Å². The summed E-state index contributed by atoms with van der Waals surface area (Å²) in [6.07, 6.45) is 5.92. The summed E-state index contributed by atoms with van der Waals surface area (Å²) in [5.41, 5.74) is 1.96. The van der Waals surface area contributed by atoms with Crippen molar-refractivity contribution in [3.63, 3.8) is 0 Å². The van der Waals surface area contributed by atoms with E-state index in [1.54, 1.807) is 4.68 Å². The Morgan fingerprint density at radius 2 is 2.18 bits per heavy atom. The molecule has 0 aliphatic carbocycles. The monoisotopic (exact) mass is 227 g/mol. The highest BCUT2D eigenvalue weighted by atomic mass is 15.3. The quantitative estimate of drug-likeness (QED) is 0.740. The molecule has 3 heterocycles. The van der Waals surface area contributed by atoms with Crippen LogP contribution in [0.15, 0.2) is 42.9 Å². The Kier molecular flexibility index (Phi) is 2.29. The first-order chi connectivity index (χ1) is 8.31. The first kappa shape index (κ1) is 9.89. The topological polar surface area (TPSA) is 47.2 Å². The highest BCUT2D eigenvalue weighted by molar-refractivity contribution is 5.40. The van der Waals surface area contributed by atoms with E-state index in [2.05, 4.69) is 15.4 Å². The maximum atomic E-state index is 4.50. The summed E-state index contributed by atoms with van der Waals surface area (Å²) in [4.78, 5) is 4.50. The number of fused-ring (bicyclic) bond motifs is 1. The number of nitrogens with zero attached hydrogens (tertiary/aromatic N) is 4. The van der Waals surface area contributed by atoms with Gasteiger partial charge in [-0.3, -0.25) is 4.68 Å². The number of hydrogen-bond acceptors (Lipinski definition) is 3. The van der Waals surface area contributed by atoms with Gasteiger partial charge in [0.1, 0.15) is 11.5 Å². The Bertz CT molecular complexity index is 604. The molecular weight excluding hydrogens is 214 g/mol. The second-order valence-electron chi connectivity index (χ2n) is 3.93. The van der Waals surface area contributed by atoms with Crippen LogP contribution in [0, 0.1) is 0 Å². The summed E-state index contributed by atoms with van der Waals surface area (Å²) in [5, 5.41) is 7.49. The third-order valence-corrected chi connectivity index (χ3v) is 2.58. The van der Waals surface area contributed by atoms with Gasteiger partial charge in [0.05, 0.1) is 12.2 Å². The lowest BCUT2D eigenvalue weighted by atomic mass is 10.4. The molecule has 5 nitrogen and oxygen atoms in total. The summed E-state index contributed by atoms with van der Waals surface area (Å²) >= 11 is 0. The van der Waals surface area contributed by atoms with Crippen LogP contribution in [0.3, 0.4) is 0 Å². The van der Waals surface area contributed by atoms with Crippen molar-refractivity contribution < 1.29 is 0 Å². The summed E-state index contributed by atoms with van der Waals surface area (Å²) in [7, 11) is 1.90. The zero-order valence-corrected chi connectivity index (χ0v) is 9.54. The van der Waals surface area contributed by atoms with Crippen LogP contribution in [0.2, 0.25) is 0 Å². The SMILES string of the molecule is Cn1ccc(NCc2cn3ccccc3n2)n1. The molecule has 0 amide bonds. The van der Waals surface area contributed by atoms with Crippen molar-refractivity contribution in [3.8, 4) is 0 Å². The van der Waals surface area contributed by atoms with E-state index in [4.69, 9.17) is 0 Å². The normalized spacial score (nSPS) is 10.9. The lowest BCUT2D eigenvalue weighted by Gasteiger charge is -1.98. The molecular formula is C12H13N5. The molecule has 0 aliphatic heterocycles. The molecule has 0 bridgehead atoms. The Balaban J connectivity index is 1.76. The highest BCUT2D eigenvalue weighted by Crippen LogP contribution is 2.07. The predicted octanol–water partition coefficient (Wildman–Crippen LogP) is 1.68. The summed E-state index contributed by atoms with van der Waals surface area (Å²) in [6.45, 7) is 0.679. The minimum atomic E-state index is 0.679. The molecule has 1 N–H and O–H groups in total. The molecule has 0 fully saturated rings. The Morgan fingerprint density at radius 3 is 2.94 bits per heavy atom. The fourth-order valence-electron chi connectivity index (χ4n) is 1.76. The van der Waals surface area contributed by atoms with E-state index < -0.39 is 0 Å². The van der Waals surface area contributed by atoms with Gasteiger partial charge in [0.25, 0.3) is 0 Å². The van der Waals surface area contributed by atoms with Crippen LogP contribution < -0.4 is 5.32 Å². The minimum absolute atomic E-state index is 0.679. The van der Waals surface area contributed by atoms with Gasteiger partial charge in [-0.15, -0.1) is 0 Å². The molecule has 0 aromatic carbocycles. The van der Waals surface area contributed by atoms with Crippen molar-refractivity contribution in [1.82, 2.24) is 19.2 Å². The predicted molar refractivity (Wildman–Crippen MR) is 65.7 cm³/mol. The van der Waals surface area contributed by atoms with E-state index in [9.17, 15) is 0 Å². The average molecular weight is 227 g/mol. The molecule has 0 saturated carbocycles. The van der Waals surface area contributed by atoms with E-state index in [0.29, 0.717) is 6.54 Å². The Morgan fingerprint density at radius 1 is 1.24 bits per heavy atom. The van der Waals surface area contributed by atoms with Crippen LogP contribution in [0.1, 0.15) is 5.69 Å². The van der Waals surface area contributed by atoms with Gasteiger partial charge in [-0.05, 0) is 12.1 Å². The molecule has 86 valence electrons. The molecule has 5 heteroatoms. The van der Waals surface area contributed by atoms with E-state index in [1.165, 1.54) is 0 Å². The van der Waals surface area contributed by atoms with Gasteiger partial charge in [-0.25, -0.2) is 4.98 Å². The van der Waals surface area contributed by atoms with Gasteiger partial charge in [-0.2, -0.15) is 5.10 Å². The van der Waals surface area contributed by atoms with Gasteiger partial charge >= 0.3 is 0 Å². The summed E-state index contributed by atoms with van der Waals surface area (Å²) in [6, 6.07) is 7.91. The summed E-state index contributed by atoms with van der Waals surface area (Å²) < 4.78 is 3.78. The van der Waals surface area contributed by atoms with Gasteiger partial charge < -0.3 is 9.72 Å². The van der Waals surface area contributed by atoms with Crippen LogP contribution >= 0.6 is 0 Å². The van der Waals surface area contributed by atoms with Crippen molar-refractivity contribution >= 4 is 11.5 Å². The number of aromatic nitrogens is 4. The lowest BCUT2D eigenvalue weighted by Crippen LogP contribution is -2.00. The fraction of sp³-hybridized carbons (Fsp3) is 0.167. The first-order valence-corrected chi connectivity index (χ1v) is 5.47. The number of nitrogens with one attached hydrogen (secondary N) is 1. The van der Waals surface area contributed by atoms with Crippen LogP contribution in [-0.4, -0.2) is 19.2 Å². The fourth-order valence-corrected chi connectivity index (χ4v) is 1.76. The van der Waals surface area contributed by atoms with Crippen molar-refractivity contribution in [1.29, 1.82) is 0 Å². The van der Waals surface area contributed by atoms with Crippen LogP contribution in [0.4, 0.5) is 5.82 Å². The third-order valence-electron chi connectivity index (χ3n) is 2.58. The molecule has 0 spiro atoms.